The van der Waals surface area contributed by atoms with Crippen molar-refractivity contribution in [2.24, 2.45) is 5.41 Å². The van der Waals surface area contributed by atoms with Crippen LogP contribution in [-0.4, -0.2) is 11.5 Å². The van der Waals surface area contributed by atoms with E-state index in [-0.39, 0.29) is 0 Å². The highest BCUT2D eigenvalue weighted by Crippen LogP contribution is 2.36. The molecule has 0 saturated heterocycles. The predicted molar refractivity (Wildman–Crippen MR) is 71.6 cm³/mol. The lowest BCUT2D eigenvalue weighted by Gasteiger charge is -2.34. The largest absolute Gasteiger partial charge is 0.383 e. The molecular formula is C13H19BrN2. The fourth-order valence-electron chi connectivity index (χ4n) is 2.41. The molecule has 0 aliphatic heterocycles. The Balaban J connectivity index is 1.94. The van der Waals surface area contributed by atoms with Gasteiger partial charge in [0.1, 0.15) is 0 Å². The summed E-state index contributed by atoms with van der Waals surface area (Å²) in [5, 5.41) is 3.54. The van der Waals surface area contributed by atoms with E-state index >= 15 is 0 Å². The van der Waals surface area contributed by atoms with Crippen LogP contribution in [0.5, 0.6) is 0 Å². The minimum atomic E-state index is 0.473. The van der Waals surface area contributed by atoms with E-state index in [0.717, 1.165) is 16.7 Å². The summed E-state index contributed by atoms with van der Waals surface area (Å²) in [6, 6.07) is 2.02. The van der Waals surface area contributed by atoms with Crippen LogP contribution >= 0.6 is 15.9 Å². The quantitative estimate of drug-likeness (QED) is 0.898. The zero-order valence-electron chi connectivity index (χ0n) is 9.80. The smallest absolute Gasteiger partial charge is 0.0590 e. The number of hydrogen-bond acceptors (Lipinski definition) is 2. The van der Waals surface area contributed by atoms with Crippen molar-refractivity contribution in [3.8, 4) is 0 Å². The molecule has 0 aromatic carbocycles. The molecule has 0 spiro atoms. The van der Waals surface area contributed by atoms with Crippen molar-refractivity contribution in [3.05, 3.63) is 22.9 Å². The molecule has 1 saturated carbocycles. The van der Waals surface area contributed by atoms with Crippen molar-refractivity contribution in [1.82, 2.24) is 4.98 Å². The Hall–Kier alpha value is -0.570. The lowest BCUT2D eigenvalue weighted by Crippen LogP contribution is -2.28. The molecule has 3 heteroatoms. The minimum Gasteiger partial charge on any atom is -0.383 e. The average Bonchev–Trinajstić information content (AvgIpc) is 2.29. The first-order chi connectivity index (χ1) is 7.70. The third kappa shape index (κ3) is 2.97. The summed E-state index contributed by atoms with van der Waals surface area (Å²) < 4.78 is 1.05. The third-order valence-corrected chi connectivity index (χ3v) is 4.17. The Labute approximate surface area is 106 Å². The number of hydrogen-bond donors (Lipinski definition) is 1. The van der Waals surface area contributed by atoms with Gasteiger partial charge in [0.2, 0.25) is 0 Å². The van der Waals surface area contributed by atoms with Crippen LogP contribution in [0.15, 0.2) is 22.9 Å². The van der Waals surface area contributed by atoms with Crippen molar-refractivity contribution in [2.75, 3.05) is 11.9 Å². The number of pyridine rings is 1. The van der Waals surface area contributed by atoms with Gasteiger partial charge in [-0.2, -0.15) is 0 Å². The van der Waals surface area contributed by atoms with Crippen LogP contribution in [0.2, 0.25) is 0 Å². The Morgan fingerprint density at radius 1 is 1.38 bits per heavy atom. The lowest BCUT2D eigenvalue weighted by molar-refractivity contribution is 0.233. The van der Waals surface area contributed by atoms with Gasteiger partial charge in [0.15, 0.2) is 0 Å². The third-order valence-electron chi connectivity index (χ3n) is 3.54. The number of nitrogens with zero attached hydrogens (tertiary/aromatic N) is 1. The first-order valence-electron chi connectivity index (χ1n) is 6.03. The second-order valence-electron chi connectivity index (χ2n) is 5.08. The summed E-state index contributed by atoms with van der Waals surface area (Å²) >= 11 is 3.51. The van der Waals surface area contributed by atoms with Crippen molar-refractivity contribution >= 4 is 21.6 Å². The molecule has 2 nitrogen and oxygen atoms in total. The molecule has 0 bridgehead atoms. The molecular weight excluding hydrogens is 264 g/mol. The molecule has 16 heavy (non-hydrogen) atoms. The molecule has 0 unspecified atom stereocenters. The van der Waals surface area contributed by atoms with Gasteiger partial charge in [-0.25, -0.2) is 0 Å². The summed E-state index contributed by atoms with van der Waals surface area (Å²) in [4.78, 5) is 4.07. The molecule has 88 valence electrons. The first kappa shape index (κ1) is 11.9. The predicted octanol–water partition coefficient (Wildman–Crippen LogP) is 4.23. The summed E-state index contributed by atoms with van der Waals surface area (Å²) in [5.41, 5.74) is 1.63. The monoisotopic (exact) mass is 282 g/mol. The topological polar surface area (TPSA) is 24.9 Å². The summed E-state index contributed by atoms with van der Waals surface area (Å²) in [7, 11) is 0. The molecule has 0 amide bonds. The highest BCUT2D eigenvalue weighted by Gasteiger charge is 2.26. The van der Waals surface area contributed by atoms with E-state index < -0.39 is 0 Å². The van der Waals surface area contributed by atoms with Crippen molar-refractivity contribution in [2.45, 2.75) is 39.0 Å². The Kier molecular flexibility index (Phi) is 3.85. The fraction of sp³-hybridized carbons (Fsp3) is 0.615. The fourth-order valence-corrected chi connectivity index (χ4v) is 2.80. The van der Waals surface area contributed by atoms with Crippen molar-refractivity contribution in [3.63, 3.8) is 0 Å². The van der Waals surface area contributed by atoms with Crippen LogP contribution in [0, 0.1) is 5.41 Å². The van der Waals surface area contributed by atoms with Gasteiger partial charge in [0.05, 0.1) is 10.2 Å². The second-order valence-corrected chi connectivity index (χ2v) is 5.93. The Morgan fingerprint density at radius 3 is 2.81 bits per heavy atom. The lowest BCUT2D eigenvalue weighted by atomic mass is 9.76. The molecule has 1 fully saturated rings. The van der Waals surface area contributed by atoms with E-state index in [9.17, 15) is 0 Å². The maximum absolute atomic E-state index is 4.07. The van der Waals surface area contributed by atoms with Gasteiger partial charge in [-0.3, -0.25) is 4.98 Å². The minimum absolute atomic E-state index is 0.473. The standard InChI is InChI=1S/C13H19BrN2/c1-13(6-3-2-4-7-13)10-16-12-5-8-15-9-11(12)14/h5,8-9H,2-4,6-7,10H2,1H3,(H,15,16). The highest BCUT2D eigenvalue weighted by atomic mass is 79.9. The summed E-state index contributed by atoms with van der Waals surface area (Å²) in [6.07, 6.45) is 10.5. The van der Waals surface area contributed by atoms with E-state index in [0.29, 0.717) is 5.41 Å². The van der Waals surface area contributed by atoms with Gasteiger partial charge in [-0.1, -0.05) is 26.2 Å². The van der Waals surface area contributed by atoms with Crippen molar-refractivity contribution in [1.29, 1.82) is 0 Å². The number of nitrogens with one attached hydrogen (secondary N) is 1. The van der Waals surface area contributed by atoms with Gasteiger partial charge in [0.25, 0.3) is 0 Å². The van der Waals surface area contributed by atoms with Gasteiger partial charge >= 0.3 is 0 Å². The second kappa shape index (κ2) is 5.17. The number of anilines is 1. The normalized spacial score (nSPS) is 19.4. The van der Waals surface area contributed by atoms with Crippen LogP contribution in [0.3, 0.4) is 0 Å². The Morgan fingerprint density at radius 2 is 2.12 bits per heavy atom. The highest BCUT2D eigenvalue weighted by molar-refractivity contribution is 9.10. The summed E-state index contributed by atoms with van der Waals surface area (Å²) in [5.74, 6) is 0. The maximum Gasteiger partial charge on any atom is 0.0590 e. The van der Waals surface area contributed by atoms with Crippen LogP contribution in [0.4, 0.5) is 5.69 Å². The van der Waals surface area contributed by atoms with Crippen LogP contribution < -0.4 is 5.32 Å². The van der Waals surface area contributed by atoms with Crippen LogP contribution in [0.25, 0.3) is 0 Å². The molecule has 1 N–H and O–H groups in total. The molecule has 2 rings (SSSR count). The molecule has 0 radical (unpaired) electrons. The molecule has 1 aromatic rings. The molecule has 0 atom stereocenters. The SMILES string of the molecule is CC1(CNc2ccncc2Br)CCCCC1. The molecule has 1 aliphatic rings. The zero-order valence-corrected chi connectivity index (χ0v) is 11.4. The summed E-state index contributed by atoms with van der Waals surface area (Å²) in [6.45, 7) is 3.46. The average molecular weight is 283 g/mol. The Bertz CT molecular complexity index is 346. The van der Waals surface area contributed by atoms with E-state index in [2.05, 4.69) is 33.2 Å². The van der Waals surface area contributed by atoms with Crippen LogP contribution in [-0.2, 0) is 0 Å². The number of aromatic nitrogens is 1. The number of halogens is 1. The molecule has 1 heterocycles. The van der Waals surface area contributed by atoms with Gasteiger partial charge in [-0.05, 0) is 40.3 Å². The van der Waals surface area contributed by atoms with Gasteiger partial charge < -0.3 is 5.32 Å². The van der Waals surface area contributed by atoms with E-state index in [1.165, 1.54) is 32.1 Å². The van der Waals surface area contributed by atoms with E-state index in [1.54, 1.807) is 0 Å². The first-order valence-corrected chi connectivity index (χ1v) is 6.82. The molecule has 1 aromatic heterocycles. The van der Waals surface area contributed by atoms with Crippen molar-refractivity contribution < 1.29 is 0 Å². The van der Waals surface area contributed by atoms with Crippen LogP contribution in [0.1, 0.15) is 39.0 Å². The molecule has 1 aliphatic carbocycles. The van der Waals surface area contributed by atoms with Gasteiger partial charge in [-0.15, -0.1) is 0 Å². The number of rotatable bonds is 3. The van der Waals surface area contributed by atoms with E-state index in [4.69, 9.17) is 0 Å². The van der Waals surface area contributed by atoms with E-state index in [1.807, 2.05) is 18.5 Å². The zero-order chi connectivity index (χ0) is 11.4. The maximum atomic E-state index is 4.07. The van der Waals surface area contributed by atoms with Gasteiger partial charge in [0, 0.05) is 18.9 Å².